The highest BCUT2D eigenvalue weighted by Crippen LogP contribution is 2.37. The van der Waals surface area contributed by atoms with Crippen molar-refractivity contribution in [3.63, 3.8) is 0 Å². The van der Waals surface area contributed by atoms with Gasteiger partial charge >= 0.3 is 12.4 Å². The second-order valence-electron chi connectivity index (χ2n) is 8.32. The van der Waals surface area contributed by atoms with Gasteiger partial charge in [0.15, 0.2) is 11.9 Å². The molecule has 4 aromatic rings. The lowest BCUT2D eigenvalue weighted by Gasteiger charge is -2.23. The number of aromatic nitrogens is 4. The Balaban J connectivity index is 0.000000211. The normalized spacial score (nSPS) is 16.4. The molecule has 5 N–H and O–H groups in total. The maximum absolute atomic E-state index is 13.2. The largest absolute Gasteiger partial charge is 0.435 e. The summed E-state index contributed by atoms with van der Waals surface area (Å²) in [6.45, 7) is 0.949. The monoisotopic (exact) mass is 530 g/mol. The minimum Gasteiger partial charge on any atom is -0.356 e. The van der Waals surface area contributed by atoms with E-state index >= 15 is 0 Å². The third-order valence-corrected chi connectivity index (χ3v) is 5.84. The van der Waals surface area contributed by atoms with Crippen LogP contribution in [0.5, 0.6) is 0 Å². The second kappa shape index (κ2) is 11.1. The molecule has 5 rings (SSSR count). The van der Waals surface area contributed by atoms with E-state index in [1.165, 1.54) is 22.9 Å². The number of nitrogens with zero attached hydrogens (tertiary/aromatic N) is 3. The van der Waals surface area contributed by atoms with Crippen LogP contribution in [-0.2, 0) is 30.2 Å². The van der Waals surface area contributed by atoms with Gasteiger partial charge in [-0.05, 0) is 54.7 Å². The maximum Gasteiger partial charge on any atom is 0.435 e. The number of hydrogen-bond acceptors (Lipinski definition) is 5. The maximum atomic E-state index is 13.2. The standard InChI is InChI=1S/C14H16F3N3O.C9H8F3N3.CH4/c15-14(16,17)13-10-7-9(8-18)4-5-11(10)20(19-13)12-3-1-2-6-21-12;10-9(11,12)8-6-3-5(4-13)1-2-7(6)14-15-8;/h4-5,7,12H,1-3,6,8,18H2;1-3H,4,13H2,(H,14,15);1H4. The van der Waals surface area contributed by atoms with Crippen molar-refractivity contribution in [1.82, 2.24) is 20.0 Å². The number of benzene rings is 2. The van der Waals surface area contributed by atoms with Crippen LogP contribution in [0.1, 0.15) is 55.4 Å². The van der Waals surface area contributed by atoms with E-state index < -0.39 is 30.0 Å². The third-order valence-electron chi connectivity index (χ3n) is 5.84. The molecule has 3 heterocycles. The molecule has 13 heteroatoms. The van der Waals surface area contributed by atoms with Gasteiger partial charge in [0.05, 0.1) is 11.0 Å². The summed E-state index contributed by atoms with van der Waals surface area (Å²) in [5, 5.41) is 9.49. The van der Waals surface area contributed by atoms with E-state index in [2.05, 4.69) is 10.2 Å². The van der Waals surface area contributed by atoms with Crippen molar-refractivity contribution in [3.05, 3.63) is 58.9 Å². The molecule has 1 saturated heterocycles. The molecule has 0 saturated carbocycles. The van der Waals surface area contributed by atoms with Crippen molar-refractivity contribution < 1.29 is 31.1 Å². The lowest BCUT2D eigenvalue weighted by Crippen LogP contribution is -2.20. The molecule has 1 unspecified atom stereocenters. The molecule has 0 amide bonds. The number of fused-ring (bicyclic) bond motifs is 2. The highest BCUT2D eigenvalue weighted by atomic mass is 19.4. The predicted molar refractivity (Wildman–Crippen MR) is 127 cm³/mol. The summed E-state index contributed by atoms with van der Waals surface area (Å²) in [6.07, 6.45) is -6.81. The average Bonchev–Trinajstić information content (AvgIpc) is 3.46. The van der Waals surface area contributed by atoms with Crippen LogP contribution in [0.3, 0.4) is 0 Å². The minimum atomic E-state index is -4.49. The number of halogens is 6. The lowest BCUT2D eigenvalue weighted by atomic mass is 10.1. The average molecular weight is 531 g/mol. The number of nitrogens with two attached hydrogens (primary N) is 2. The number of nitrogens with one attached hydrogen (secondary N) is 1. The first-order valence-corrected chi connectivity index (χ1v) is 11.2. The topological polar surface area (TPSA) is 108 Å². The van der Waals surface area contributed by atoms with Crippen LogP contribution >= 0.6 is 0 Å². The first-order valence-electron chi connectivity index (χ1n) is 11.2. The summed E-state index contributed by atoms with van der Waals surface area (Å²) in [5.41, 5.74) is 11.2. The van der Waals surface area contributed by atoms with Gasteiger partial charge < -0.3 is 16.2 Å². The molecule has 2 aromatic heterocycles. The van der Waals surface area contributed by atoms with Gasteiger partial charge in [0.1, 0.15) is 5.69 Å². The molecule has 1 aliphatic heterocycles. The van der Waals surface area contributed by atoms with Crippen LogP contribution in [0.15, 0.2) is 36.4 Å². The van der Waals surface area contributed by atoms with Crippen LogP contribution in [0.25, 0.3) is 21.8 Å². The smallest absolute Gasteiger partial charge is 0.356 e. The number of ether oxygens (including phenoxy) is 1. The highest BCUT2D eigenvalue weighted by molar-refractivity contribution is 5.83. The Morgan fingerprint density at radius 3 is 2.14 bits per heavy atom. The fraction of sp³-hybridized carbons (Fsp3) is 0.417. The molecule has 0 aliphatic carbocycles. The molecule has 1 fully saturated rings. The summed E-state index contributed by atoms with van der Waals surface area (Å²) < 4.78 is 83.9. The Bertz CT molecular complexity index is 1340. The van der Waals surface area contributed by atoms with Gasteiger partial charge in [-0.15, -0.1) is 0 Å². The van der Waals surface area contributed by atoms with E-state index in [9.17, 15) is 26.3 Å². The quantitative estimate of drug-likeness (QED) is 0.286. The molecule has 0 spiro atoms. The molecule has 202 valence electrons. The zero-order valence-corrected chi connectivity index (χ0v) is 19.0. The molecule has 0 bridgehead atoms. The van der Waals surface area contributed by atoms with Crippen molar-refractivity contribution in [2.75, 3.05) is 6.61 Å². The Morgan fingerprint density at radius 2 is 1.57 bits per heavy atom. The van der Waals surface area contributed by atoms with E-state index in [1.807, 2.05) is 5.10 Å². The SMILES string of the molecule is C.NCc1ccc2c(c1)c(C(F)(F)F)nn2C1CCCCO1.NCc1ccc2n[nH]c(C(F)(F)F)c2c1. The molecule has 37 heavy (non-hydrogen) atoms. The number of rotatable bonds is 3. The van der Waals surface area contributed by atoms with Gasteiger partial charge in [0.2, 0.25) is 0 Å². The van der Waals surface area contributed by atoms with E-state index in [4.69, 9.17) is 16.2 Å². The van der Waals surface area contributed by atoms with Gasteiger partial charge in [-0.2, -0.15) is 36.5 Å². The fourth-order valence-electron chi connectivity index (χ4n) is 4.06. The number of alkyl halides is 6. The van der Waals surface area contributed by atoms with Gasteiger partial charge in [0, 0.05) is 30.5 Å². The number of hydrogen-bond donors (Lipinski definition) is 3. The summed E-state index contributed by atoms with van der Waals surface area (Å²) in [4.78, 5) is 0. The summed E-state index contributed by atoms with van der Waals surface area (Å²) in [6, 6.07) is 9.40. The molecule has 1 aliphatic rings. The Kier molecular flexibility index (Phi) is 8.50. The first kappa shape index (κ1) is 28.4. The Hall–Kier alpha value is -3.16. The van der Waals surface area contributed by atoms with E-state index in [0.717, 1.165) is 12.8 Å². The number of aromatic amines is 1. The van der Waals surface area contributed by atoms with Gasteiger partial charge in [-0.25, -0.2) is 4.68 Å². The number of H-pyrrole nitrogens is 1. The van der Waals surface area contributed by atoms with E-state index in [-0.39, 0.29) is 31.3 Å². The van der Waals surface area contributed by atoms with Crippen molar-refractivity contribution in [2.45, 2.75) is 58.4 Å². The van der Waals surface area contributed by atoms with Crippen molar-refractivity contribution >= 4 is 21.8 Å². The first-order chi connectivity index (χ1) is 17.0. The van der Waals surface area contributed by atoms with Crippen molar-refractivity contribution in [3.8, 4) is 0 Å². The second-order valence-corrected chi connectivity index (χ2v) is 8.32. The molecular formula is C24H28F6N6O. The molecule has 7 nitrogen and oxygen atoms in total. The zero-order valence-electron chi connectivity index (χ0n) is 19.0. The van der Waals surface area contributed by atoms with E-state index in [0.29, 0.717) is 35.2 Å². The van der Waals surface area contributed by atoms with Gasteiger partial charge in [0.25, 0.3) is 0 Å². The van der Waals surface area contributed by atoms with Gasteiger partial charge in [-0.3, -0.25) is 5.10 Å². The molecule has 0 radical (unpaired) electrons. The summed E-state index contributed by atoms with van der Waals surface area (Å²) in [7, 11) is 0. The summed E-state index contributed by atoms with van der Waals surface area (Å²) >= 11 is 0. The van der Waals surface area contributed by atoms with Crippen LogP contribution in [0.4, 0.5) is 26.3 Å². The van der Waals surface area contributed by atoms with Crippen LogP contribution in [-0.4, -0.2) is 26.6 Å². The van der Waals surface area contributed by atoms with Crippen molar-refractivity contribution in [1.29, 1.82) is 0 Å². The summed E-state index contributed by atoms with van der Waals surface area (Å²) in [5.74, 6) is 0. The van der Waals surface area contributed by atoms with Crippen molar-refractivity contribution in [2.24, 2.45) is 11.5 Å². The van der Waals surface area contributed by atoms with Crippen LogP contribution in [0.2, 0.25) is 0 Å². The van der Waals surface area contributed by atoms with E-state index in [1.54, 1.807) is 18.2 Å². The van der Waals surface area contributed by atoms with Gasteiger partial charge in [-0.1, -0.05) is 19.6 Å². The molecule has 1 atom stereocenters. The van der Waals surface area contributed by atoms with Crippen LogP contribution < -0.4 is 11.5 Å². The third kappa shape index (κ3) is 6.05. The lowest BCUT2D eigenvalue weighted by molar-refractivity contribution is -0.141. The Morgan fingerprint density at radius 1 is 0.919 bits per heavy atom. The zero-order chi connectivity index (χ0) is 26.1. The van der Waals surface area contributed by atoms with Crippen LogP contribution in [0, 0.1) is 0 Å². The minimum absolute atomic E-state index is 0. The predicted octanol–water partition coefficient (Wildman–Crippen LogP) is 5.89. The fourth-order valence-corrected chi connectivity index (χ4v) is 4.06. The Labute approximate surface area is 208 Å². The molecular weight excluding hydrogens is 502 g/mol. The molecule has 2 aromatic carbocycles. The highest BCUT2D eigenvalue weighted by Gasteiger charge is 2.38.